The van der Waals surface area contributed by atoms with Crippen molar-refractivity contribution in [2.75, 3.05) is 0 Å². The molecule has 0 saturated heterocycles. The summed E-state index contributed by atoms with van der Waals surface area (Å²) in [5.74, 6) is 0.338. The summed E-state index contributed by atoms with van der Waals surface area (Å²) in [5, 5.41) is 3.25. The van der Waals surface area contributed by atoms with E-state index in [-0.39, 0.29) is 0 Å². The Hall–Kier alpha value is -2.02. The average molecular weight is 237 g/mol. The molecule has 0 bridgehead atoms. The predicted molar refractivity (Wildman–Crippen MR) is 78.8 cm³/mol. The van der Waals surface area contributed by atoms with Gasteiger partial charge in [-0.15, -0.1) is 0 Å². The van der Waals surface area contributed by atoms with Gasteiger partial charge in [-0.2, -0.15) is 0 Å². The third kappa shape index (κ3) is 3.01. The molecule has 1 aliphatic carbocycles. The van der Waals surface area contributed by atoms with E-state index >= 15 is 0 Å². The SMILES string of the molecule is CC=CC=C1C(C)=CC=CC1C=C1C=CC=CN1. The van der Waals surface area contributed by atoms with Crippen molar-refractivity contribution in [1.29, 1.82) is 0 Å². The lowest BCUT2D eigenvalue weighted by Gasteiger charge is -2.19. The van der Waals surface area contributed by atoms with E-state index in [1.165, 1.54) is 11.1 Å². The first-order valence-electron chi connectivity index (χ1n) is 6.31. The fourth-order valence-electron chi connectivity index (χ4n) is 2.07. The highest BCUT2D eigenvalue weighted by molar-refractivity contribution is 5.46. The lowest BCUT2D eigenvalue weighted by molar-refractivity contribution is 0.928. The summed E-state index contributed by atoms with van der Waals surface area (Å²) in [6.45, 7) is 4.20. The first-order chi connectivity index (χ1) is 8.81. The van der Waals surface area contributed by atoms with Crippen LogP contribution in [0.5, 0.6) is 0 Å². The summed E-state index contributed by atoms with van der Waals surface area (Å²) in [5.41, 5.74) is 3.83. The van der Waals surface area contributed by atoms with Gasteiger partial charge in [0.25, 0.3) is 0 Å². The molecule has 0 aromatic rings. The molecule has 1 atom stereocenters. The second-order valence-corrected chi connectivity index (χ2v) is 4.39. The van der Waals surface area contributed by atoms with Crippen LogP contribution in [0.1, 0.15) is 13.8 Å². The quantitative estimate of drug-likeness (QED) is 0.759. The maximum absolute atomic E-state index is 3.25. The molecule has 2 rings (SSSR count). The average Bonchev–Trinajstić information content (AvgIpc) is 2.39. The van der Waals surface area contributed by atoms with Crippen molar-refractivity contribution >= 4 is 0 Å². The summed E-state index contributed by atoms with van der Waals surface area (Å²) in [4.78, 5) is 0. The standard InChI is InChI=1S/C17H19N/c1-3-4-11-17-14(2)8-7-9-15(17)13-16-10-5-6-12-18-16/h3-13,15,18H,1-2H3. The molecule has 1 unspecified atom stereocenters. The molecule has 0 radical (unpaired) electrons. The third-order valence-corrected chi connectivity index (χ3v) is 3.04. The van der Waals surface area contributed by atoms with Gasteiger partial charge in [-0.25, -0.2) is 0 Å². The third-order valence-electron chi connectivity index (χ3n) is 3.04. The highest BCUT2D eigenvalue weighted by atomic mass is 14.8. The number of allylic oxidation sites excluding steroid dienone is 12. The molecule has 0 spiro atoms. The number of hydrogen-bond acceptors (Lipinski definition) is 1. The Balaban J connectivity index is 2.26. The van der Waals surface area contributed by atoms with Crippen molar-refractivity contribution in [3.8, 4) is 0 Å². The molecule has 18 heavy (non-hydrogen) atoms. The molecule has 0 aromatic carbocycles. The Labute approximate surface area is 109 Å². The van der Waals surface area contributed by atoms with Crippen LogP contribution in [-0.4, -0.2) is 0 Å². The van der Waals surface area contributed by atoms with Crippen molar-refractivity contribution in [2.24, 2.45) is 5.92 Å². The van der Waals surface area contributed by atoms with E-state index in [1.807, 2.05) is 25.3 Å². The molecule has 2 aliphatic rings. The van der Waals surface area contributed by atoms with Gasteiger partial charge in [-0.05, 0) is 43.2 Å². The zero-order valence-electron chi connectivity index (χ0n) is 10.9. The van der Waals surface area contributed by atoms with Crippen LogP contribution in [0, 0.1) is 5.92 Å². The van der Waals surface area contributed by atoms with Crippen LogP contribution < -0.4 is 5.32 Å². The Morgan fingerprint density at radius 1 is 1.22 bits per heavy atom. The number of hydrogen-bond donors (Lipinski definition) is 1. The molecule has 0 amide bonds. The first-order valence-corrected chi connectivity index (χ1v) is 6.31. The molecule has 1 heterocycles. The van der Waals surface area contributed by atoms with Crippen LogP contribution in [0.2, 0.25) is 0 Å². The maximum Gasteiger partial charge on any atom is 0.0348 e. The van der Waals surface area contributed by atoms with Crippen LogP contribution >= 0.6 is 0 Å². The van der Waals surface area contributed by atoms with Gasteiger partial charge in [0, 0.05) is 17.8 Å². The van der Waals surface area contributed by atoms with Crippen molar-refractivity contribution in [3.63, 3.8) is 0 Å². The van der Waals surface area contributed by atoms with Gasteiger partial charge in [0.05, 0.1) is 0 Å². The van der Waals surface area contributed by atoms with E-state index in [2.05, 4.69) is 60.8 Å². The van der Waals surface area contributed by atoms with E-state index in [0.717, 1.165) is 5.70 Å². The maximum atomic E-state index is 3.25. The minimum absolute atomic E-state index is 0.338. The molecule has 1 aliphatic heterocycles. The smallest absolute Gasteiger partial charge is 0.0348 e. The highest BCUT2D eigenvalue weighted by Crippen LogP contribution is 2.27. The Bertz CT molecular complexity index is 508. The second kappa shape index (κ2) is 6.06. The molecule has 0 fully saturated rings. The van der Waals surface area contributed by atoms with Gasteiger partial charge < -0.3 is 5.32 Å². The predicted octanol–water partition coefficient (Wildman–Crippen LogP) is 4.18. The summed E-state index contributed by atoms with van der Waals surface area (Å²) < 4.78 is 0. The van der Waals surface area contributed by atoms with Crippen LogP contribution in [0.25, 0.3) is 0 Å². The van der Waals surface area contributed by atoms with Crippen molar-refractivity contribution in [1.82, 2.24) is 5.32 Å². The van der Waals surface area contributed by atoms with Gasteiger partial charge in [0.15, 0.2) is 0 Å². The Kier molecular flexibility index (Phi) is 4.19. The topological polar surface area (TPSA) is 12.0 Å². The molecule has 1 nitrogen and oxygen atoms in total. The number of nitrogens with one attached hydrogen (secondary N) is 1. The first kappa shape index (κ1) is 12.4. The van der Waals surface area contributed by atoms with E-state index in [0.29, 0.717) is 5.92 Å². The van der Waals surface area contributed by atoms with Gasteiger partial charge in [0.2, 0.25) is 0 Å². The Morgan fingerprint density at radius 2 is 2.11 bits per heavy atom. The summed E-state index contributed by atoms with van der Waals surface area (Å²) >= 11 is 0. The van der Waals surface area contributed by atoms with Gasteiger partial charge in [-0.1, -0.05) is 42.5 Å². The van der Waals surface area contributed by atoms with E-state index < -0.39 is 0 Å². The highest BCUT2D eigenvalue weighted by Gasteiger charge is 2.13. The van der Waals surface area contributed by atoms with Crippen LogP contribution in [0.3, 0.4) is 0 Å². The van der Waals surface area contributed by atoms with E-state index in [4.69, 9.17) is 0 Å². The van der Waals surface area contributed by atoms with E-state index in [1.54, 1.807) is 0 Å². The van der Waals surface area contributed by atoms with Gasteiger partial charge >= 0.3 is 0 Å². The molecule has 1 heteroatoms. The zero-order valence-corrected chi connectivity index (χ0v) is 10.9. The molecule has 0 aromatic heterocycles. The molecule has 1 N–H and O–H groups in total. The molecular formula is C17H19N. The van der Waals surface area contributed by atoms with Crippen LogP contribution in [0.4, 0.5) is 0 Å². The summed E-state index contributed by atoms with van der Waals surface area (Å²) in [7, 11) is 0. The fraction of sp³-hybridized carbons (Fsp3) is 0.176. The fourth-order valence-corrected chi connectivity index (χ4v) is 2.07. The van der Waals surface area contributed by atoms with Gasteiger partial charge in [0.1, 0.15) is 0 Å². The minimum Gasteiger partial charge on any atom is -0.362 e. The summed E-state index contributed by atoms with van der Waals surface area (Å²) in [6.07, 6.45) is 23.2. The van der Waals surface area contributed by atoms with Crippen LogP contribution in [0.15, 0.2) is 83.8 Å². The lowest BCUT2D eigenvalue weighted by Crippen LogP contribution is -2.10. The minimum atomic E-state index is 0.338. The lowest BCUT2D eigenvalue weighted by atomic mass is 9.87. The van der Waals surface area contributed by atoms with Gasteiger partial charge in [-0.3, -0.25) is 0 Å². The number of rotatable bonds is 2. The molecule has 92 valence electrons. The van der Waals surface area contributed by atoms with E-state index in [9.17, 15) is 0 Å². The Morgan fingerprint density at radius 3 is 2.83 bits per heavy atom. The van der Waals surface area contributed by atoms with Crippen molar-refractivity contribution in [2.45, 2.75) is 13.8 Å². The van der Waals surface area contributed by atoms with Crippen molar-refractivity contribution < 1.29 is 0 Å². The largest absolute Gasteiger partial charge is 0.362 e. The second-order valence-electron chi connectivity index (χ2n) is 4.39. The normalized spacial score (nSPS) is 27.0. The monoisotopic (exact) mass is 237 g/mol. The molecular weight excluding hydrogens is 218 g/mol. The van der Waals surface area contributed by atoms with Crippen molar-refractivity contribution in [3.05, 3.63) is 83.8 Å². The number of dihydropyridines is 1. The zero-order chi connectivity index (χ0) is 12.8. The summed E-state index contributed by atoms with van der Waals surface area (Å²) in [6, 6.07) is 0. The molecule has 0 saturated carbocycles. The van der Waals surface area contributed by atoms with Crippen LogP contribution in [-0.2, 0) is 0 Å².